The summed E-state index contributed by atoms with van der Waals surface area (Å²) in [5, 5.41) is 3.14. The number of halogens is 3. The van der Waals surface area contributed by atoms with Crippen molar-refractivity contribution in [1.29, 1.82) is 0 Å². The number of hydrogen-bond donors (Lipinski definition) is 0. The van der Waals surface area contributed by atoms with Crippen LogP contribution in [0, 0.1) is 0 Å². The van der Waals surface area contributed by atoms with Crippen molar-refractivity contribution in [2.24, 2.45) is 0 Å². The Labute approximate surface area is 175 Å². The van der Waals surface area contributed by atoms with Crippen LogP contribution in [0.3, 0.4) is 0 Å². The maximum atomic E-state index is 13.7. The monoisotopic (exact) mass is 429 g/mol. The lowest BCUT2D eigenvalue weighted by molar-refractivity contribution is -0.105. The lowest BCUT2D eigenvalue weighted by Gasteiger charge is -2.16. The van der Waals surface area contributed by atoms with E-state index in [2.05, 4.69) is 0 Å². The zero-order valence-electron chi connectivity index (χ0n) is 16.5. The molecule has 2 nitrogen and oxygen atoms in total. The number of benzene rings is 4. The van der Waals surface area contributed by atoms with Crippen LogP contribution < -0.4 is 9.47 Å². The van der Waals surface area contributed by atoms with Gasteiger partial charge in [-0.25, -0.2) is 0 Å². The molecule has 154 valence electrons. The Balaban J connectivity index is 2.01. The normalized spacial score (nSPS) is 11.9. The van der Waals surface area contributed by atoms with E-state index in [4.69, 9.17) is 9.47 Å². The standard InChI is InChI=1S/C24H20F3O2S/c1-28-20-11-13-22(18-9-5-3-7-16(18)20)30(15-24(25,26)27)23-14-12-21(29-2)17-8-4-6-10-19(17)23/h3-14H,15H2,1-2H3/q+1. The maximum absolute atomic E-state index is 13.7. The molecular weight excluding hydrogens is 409 g/mol. The minimum absolute atomic E-state index is 0.643. The fraction of sp³-hybridized carbons (Fsp3) is 0.167. The molecule has 6 heteroatoms. The van der Waals surface area contributed by atoms with E-state index in [1.54, 1.807) is 38.5 Å². The number of fused-ring (bicyclic) bond motifs is 2. The van der Waals surface area contributed by atoms with Crippen LogP contribution in [-0.2, 0) is 10.9 Å². The van der Waals surface area contributed by atoms with Gasteiger partial charge in [-0.15, -0.1) is 0 Å². The van der Waals surface area contributed by atoms with Gasteiger partial charge in [0.1, 0.15) is 11.5 Å². The molecular formula is C24H20F3O2S+. The average molecular weight is 429 g/mol. The quantitative estimate of drug-likeness (QED) is 0.333. The first-order valence-electron chi connectivity index (χ1n) is 9.32. The van der Waals surface area contributed by atoms with Crippen LogP contribution in [0.5, 0.6) is 11.5 Å². The molecule has 0 atom stereocenters. The Morgan fingerprint density at radius 3 is 1.40 bits per heavy atom. The van der Waals surface area contributed by atoms with Gasteiger partial charge in [0, 0.05) is 21.5 Å². The zero-order valence-corrected chi connectivity index (χ0v) is 17.3. The largest absolute Gasteiger partial charge is 0.496 e. The minimum Gasteiger partial charge on any atom is -0.496 e. The van der Waals surface area contributed by atoms with Crippen LogP contribution in [0.25, 0.3) is 21.5 Å². The van der Waals surface area contributed by atoms with Gasteiger partial charge >= 0.3 is 6.18 Å². The average Bonchev–Trinajstić information content (AvgIpc) is 2.75. The Morgan fingerprint density at radius 2 is 1.03 bits per heavy atom. The molecule has 0 unspecified atom stereocenters. The number of rotatable bonds is 5. The van der Waals surface area contributed by atoms with Crippen LogP contribution >= 0.6 is 0 Å². The van der Waals surface area contributed by atoms with Gasteiger partial charge < -0.3 is 9.47 Å². The first-order chi connectivity index (χ1) is 14.4. The molecule has 0 bridgehead atoms. The van der Waals surface area contributed by atoms with Gasteiger partial charge in [0.05, 0.1) is 25.1 Å². The second-order valence-corrected chi connectivity index (χ2v) is 8.72. The number of alkyl halides is 3. The molecule has 4 aromatic rings. The molecule has 0 aromatic heterocycles. The van der Waals surface area contributed by atoms with Crippen molar-refractivity contribution in [3.8, 4) is 11.5 Å². The lowest BCUT2D eigenvalue weighted by Crippen LogP contribution is -2.24. The van der Waals surface area contributed by atoms with E-state index in [1.807, 2.05) is 48.5 Å². The Kier molecular flexibility index (Phi) is 5.52. The van der Waals surface area contributed by atoms with Crippen LogP contribution in [-0.4, -0.2) is 26.1 Å². The highest BCUT2D eigenvalue weighted by atomic mass is 32.2. The summed E-state index contributed by atoms with van der Waals surface area (Å²) in [5.74, 6) is 0.355. The molecule has 0 aliphatic rings. The van der Waals surface area contributed by atoms with Gasteiger partial charge in [0.2, 0.25) is 5.75 Å². The molecule has 4 aromatic carbocycles. The molecule has 0 heterocycles. The first kappa shape index (κ1) is 20.4. The predicted octanol–water partition coefficient (Wildman–Crippen LogP) is 6.61. The fourth-order valence-corrected chi connectivity index (χ4v) is 5.94. The number of ether oxygens (including phenoxy) is 2. The van der Waals surface area contributed by atoms with Gasteiger partial charge in [-0.3, -0.25) is 0 Å². The molecule has 30 heavy (non-hydrogen) atoms. The van der Waals surface area contributed by atoms with Crippen LogP contribution in [0.4, 0.5) is 13.2 Å². The van der Waals surface area contributed by atoms with E-state index in [9.17, 15) is 13.2 Å². The summed E-state index contributed by atoms with van der Waals surface area (Å²) in [7, 11) is 1.90. The van der Waals surface area contributed by atoms with E-state index in [-0.39, 0.29) is 0 Å². The van der Waals surface area contributed by atoms with Crippen molar-refractivity contribution < 1.29 is 22.6 Å². The summed E-state index contributed by atoms with van der Waals surface area (Å²) in [6.07, 6.45) is -4.31. The summed E-state index contributed by atoms with van der Waals surface area (Å²) in [6.45, 7) is 0. The predicted molar refractivity (Wildman–Crippen MR) is 116 cm³/mol. The van der Waals surface area contributed by atoms with Gasteiger partial charge in [-0.05, 0) is 36.4 Å². The smallest absolute Gasteiger partial charge is 0.434 e. The van der Waals surface area contributed by atoms with Crippen molar-refractivity contribution in [2.75, 3.05) is 20.0 Å². The van der Waals surface area contributed by atoms with Gasteiger partial charge in [-0.2, -0.15) is 13.2 Å². The molecule has 0 N–H and O–H groups in total. The van der Waals surface area contributed by atoms with Crippen LogP contribution in [0.2, 0.25) is 0 Å². The van der Waals surface area contributed by atoms with Gasteiger partial charge in [0.25, 0.3) is 0 Å². The van der Waals surface area contributed by atoms with Crippen molar-refractivity contribution in [3.05, 3.63) is 72.8 Å². The number of hydrogen-bond acceptors (Lipinski definition) is 2. The van der Waals surface area contributed by atoms with Crippen molar-refractivity contribution >= 4 is 32.4 Å². The SMILES string of the molecule is COc1ccc([S+](CC(F)(F)F)c2ccc(OC)c3ccccc23)c2ccccc12. The molecule has 0 fully saturated rings. The summed E-state index contributed by atoms with van der Waals surface area (Å²) < 4.78 is 52.0. The Bertz CT molecular complexity index is 1120. The van der Waals surface area contributed by atoms with Crippen LogP contribution in [0.15, 0.2) is 82.6 Å². The van der Waals surface area contributed by atoms with E-state index < -0.39 is 22.8 Å². The van der Waals surface area contributed by atoms with Crippen LogP contribution in [0.1, 0.15) is 0 Å². The minimum atomic E-state index is -4.31. The third-order valence-electron chi connectivity index (χ3n) is 4.97. The summed E-state index contributed by atoms with van der Waals surface area (Å²) in [4.78, 5) is 1.30. The highest BCUT2D eigenvalue weighted by molar-refractivity contribution is 7.97. The Morgan fingerprint density at radius 1 is 0.633 bits per heavy atom. The molecule has 4 rings (SSSR count). The topological polar surface area (TPSA) is 18.5 Å². The van der Waals surface area contributed by atoms with E-state index in [1.165, 1.54) is 0 Å². The molecule has 0 spiro atoms. The van der Waals surface area contributed by atoms with Gasteiger partial charge in [-0.1, -0.05) is 36.4 Å². The summed E-state index contributed by atoms with van der Waals surface area (Å²) in [6, 6.07) is 21.9. The van der Waals surface area contributed by atoms with Crippen molar-refractivity contribution in [1.82, 2.24) is 0 Å². The third-order valence-corrected chi connectivity index (χ3v) is 7.36. The van der Waals surface area contributed by atoms with E-state index in [0.717, 1.165) is 21.5 Å². The van der Waals surface area contributed by atoms with Crippen molar-refractivity contribution in [3.63, 3.8) is 0 Å². The number of methoxy groups -OCH3 is 2. The second kappa shape index (κ2) is 8.11. The molecule has 0 saturated heterocycles. The summed E-state index contributed by atoms with van der Waals surface area (Å²) >= 11 is 0. The zero-order chi connectivity index (χ0) is 21.3. The van der Waals surface area contributed by atoms with E-state index >= 15 is 0 Å². The molecule has 0 radical (unpaired) electrons. The maximum Gasteiger partial charge on any atom is 0.434 e. The molecule has 0 aliphatic heterocycles. The van der Waals surface area contributed by atoms with E-state index in [0.29, 0.717) is 21.3 Å². The first-order valence-corrected chi connectivity index (χ1v) is 10.7. The summed E-state index contributed by atoms with van der Waals surface area (Å²) in [5.41, 5.74) is 0. The Hall–Kier alpha value is -2.86. The third kappa shape index (κ3) is 3.79. The molecule has 0 saturated carbocycles. The highest BCUT2D eigenvalue weighted by Gasteiger charge is 2.43. The second-order valence-electron chi connectivity index (χ2n) is 6.77. The highest BCUT2D eigenvalue weighted by Crippen LogP contribution is 2.41. The lowest BCUT2D eigenvalue weighted by atomic mass is 10.1. The molecule has 0 aliphatic carbocycles. The van der Waals surface area contributed by atoms with Gasteiger partial charge in [0.15, 0.2) is 9.79 Å². The van der Waals surface area contributed by atoms with Crippen molar-refractivity contribution in [2.45, 2.75) is 16.0 Å². The fourth-order valence-electron chi connectivity index (χ4n) is 3.71. The molecule has 0 amide bonds.